The van der Waals surface area contributed by atoms with Crippen molar-refractivity contribution in [2.75, 3.05) is 10.6 Å². The van der Waals surface area contributed by atoms with Gasteiger partial charge in [0, 0.05) is 16.9 Å². The van der Waals surface area contributed by atoms with Gasteiger partial charge >= 0.3 is 0 Å². The summed E-state index contributed by atoms with van der Waals surface area (Å²) in [4.78, 5) is 25.5. The number of rotatable bonds is 7. The SMILES string of the molecule is O=C(NC(=S)Nc1cccc(NC(=O)c2cccs2)c1)c1cccc(OCc2ccccc2)c1. The summed E-state index contributed by atoms with van der Waals surface area (Å²) in [5, 5.41) is 10.5. The number of carbonyl (C=O) groups excluding carboxylic acids is 2. The lowest BCUT2D eigenvalue weighted by Gasteiger charge is -2.12. The minimum Gasteiger partial charge on any atom is -0.489 e. The molecule has 0 saturated heterocycles. The second-order valence-corrected chi connectivity index (χ2v) is 8.58. The van der Waals surface area contributed by atoms with Crippen LogP contribution < -0.4 is 20.7 Å². The maximum absolute atomic E-state index is 12.7. The van der Waals surface area contributed by atoms with Gasteiger partial charge in [-0.1, -0.05) is 48.5 Å². The average molecular weight is 488 g/mol. The molecule has 4 rings (SSSR count). The van der Waals surface area contributed by atoms with Crippen LogP contribution in [0, 0.1) is 0 Å². The zero-order valence-electron chi connectivity index (χ0n) is 18.0. The van der Waals surface area contributed by atoms with Gasteiger partial charge in [-0.2, -0.15) is 0 Å². The van der Waals surface area contributed by atoms with Crippen LogP contribution in [0.3, 0.4) is 0 Å². The fourth-order valence-electron chi connectivity index (χ4n) is 3.08. The van der Waals surface area contributed by atoms with E-state index in [9.17, 15) is 9.59 Å². The summed E-state index contributed by atoms with van der Waals surface area (Å²) in [5.41, 5.74) is 2.71. The van der Waals surface area contributed by atoms with Gasteiger partial charge in [-0.3, -0.25) is 14.9 Å². The van der Waals surface area contributed by atoms with Crippen LogP contribution in [0.15, 0.2) is 96.4 Å². The third kappa shape index (κ3) is 6.50. The van der Waals surface area contributed by atoms with Gasteiger partial charge in [-0.05, 0) is 65.6 Å². The Hall–Kier alpha value is -4.01. The van der Waals surface area contributed by atoms with E-state index in [-0.39, 0.29) is 16.9 Å². The van der Waals surface area contributed by atoms with Gasteiger partial charge in [0.05, 0.1) is 4.88 Å². The Morgan fingerprint density at radius 2 is 1.56 bits per heavy atom. The molecule has 0 spiro atoms. The summed E-state index contributed by atoms with van der Waals surface area (Å²) < 4.78 is 5.79. The molecule has 3 aromatic carbocycles. The van der Waals surface area contributed by atoms with Crippen LogP contribution in [-0.4, -0.2) is 16.9 Å². The first-order valence-electron chi connectivity index (χ1n) is 10.4. The Balaban J connectivity index is 1.32. The van der Waals surface area contributed by atoms with E-state index >= 15 is 0 Å². The van der Waals surface area contributed by atoms with Crippen molar-refractivity contribution >= 4 is 51.9 Å². The Morgan fingerprint density at radius 3 is 2.32 bits per heavy atom. The number of thiophene rings is 1. The standard InChI is InChI=1S/C26H21N3O3S2/c30-24(19-9-4-12-22(15-19)32-17-18-7-2-1-3-8-18)29-26(33)28-21-11-5-10-20(16-21)27-25(31)23-13-6-14-34-23/h1-16H,17H2,(H,27,31)(H2,28,29,30,33). The normalized spacial score (nSPS) is 10.2. The number of benzene rings is 3. The fraction of sp³-hybridized carbons (Fsp3) is 0.0385. The Labute approximate surface area is 206 Å². The van der Waals surface area contributed by atoms with E-state index in [2.05, 4.69) is 16.0 Å². The summed E-state index contributed by atoms with van der Waals surface area (Å²) in [6, 6.07) is 27.4. The van der Waals surface area contributed by atoms with E-state index in [0.29, 0.717) is 34.2 Å². The molecule has 6 nitrogen and oxygen atoms in total. The van der Waals surface area contributed by atoms with Crippen molar-refractivity contribution < 1.29 is 14.3 Å². The molecule has 0 unspecified atom stereocenters. The van der Waals surface area contributed by atoms with Gasteiger partial charge in [0.15, 0.2) is 5.11 Å². The van der Waals surface area contributed by atoms with Crippen molar-refractivity contribution in [3.8, 4) is 5.75 Å². The molecule has 0 atom stereocenters. The molecule has 0 aliphatic heterocycles. The quantitative estimate of drug-likeness (QED) is 0.291. The number of carbonyl (C=O) groups is 2. The van der Waals surface area contributed by atoms with Crippen LogP contribution in [-0.2, 0) is 6.61 Å². The molecule has 170 valence electrons. The molecule has 0 fully saturated rings. The second-order valence-electron chi connectivity index (χ2n) is 7.22. The molecular formula is C26H21N3O3S2. The van der Waals surface area contributed by atoms with E-state index in [1.807, 2.05) is 41.8 Å². The number of nitrogens with one attached hydrogen (secondary N) is 3. The van der Waals surface area contributed by atoms with Crippen LogP contribution in [0.5, 0.6) is 5.75 Å². The summed E-state index contributed by atoms with van der Waals surface area (Å²) in [6.45, 7) is 0.408. The van der Waals surface area contributed by atoms with Crippen LogP contribution in [0.2, 0.25) is 0 Å². The predicted octanol–water partition coefficient (Wildman–Crippen LogP) is 5.71. The van der Waals surface area contributed by atoms with E-state index in [1.54, 1.807) is 54.6 Å². The maximum atomic E-state index is 12.7. The summed E-state index contributed by atoms with van der Waals surface area (Å²) in [6.07, 6.45) is 0. The minimum absolute atomic E-state index is 0.141. The first kappa shape index (κ1) is 23.2. The highest BCUT2D eigenvalue weighted by Gasteiger charge is 2.11. The number of ether oxygens (including phenoxy) is 1. The third-order valence-electron chi connectivity index (χ3n) is 4.69. The van der Waals surface area contributed by atoms with Gasteiger partial charge in [-0.25, -0.2) is 0 Å². The van der Waals surface area contributed by atoms with Crippen molar-refractivity contribution in [3.63, 3.8) is 0 Å². The average Bonchev–Trinajstić information content (AvgIpc) is 3.39. The second kappa shape index (κ2) is 11.2. The van der Waals surface area contributed by atoms with Crippen LogP contribution >= 0.6 is 23.6 Å². The molecule has 3 N–H and O–H groups in total. The number of hydrogen-bond donors (Lipinski definition) is 3. The number of anilines is 2. The zero-order chi connectivity index (χ0) is 23.8. The van der Waals surface area contributed by atoms with Gasteiger partial charge < -0.3 is 15.4 Å². The molecule has 0 radical (unpaired) electrons. The number of hydrogen-bond acceptors (Lipinski definition) is 5. The van der Waals surface area contributed by atoms with E-state index in [0.717, 1.165) is 5.56 Å². The predicted molar refractivity (Wildman–Crippen MR) is 140 cm³/mol. The molecular weight excluding hydrogens is 466 g/mol. The Bertz CT molecular complexity index is 1290. The van der Waals surface area contributed by atoms with Crippen LogP contribution in [0.4, 0.5) is 11.4 Å². The highest BCUT2D eigenvalue weighted by Crippen LogP contribution is 2.18. The molecule has 34 heavy (non-hydrogen) atoms. The number of amides is 2. The van der Waals surface area contributed by atoms with E-state index in [4.69, 9.17) is 17.0 Å². The monoisotopic (exact) mass is 487 g/mol. The van der Waals surface area contributed by atoms with Crippen LogP contribution in [0.1, 0.15) is 25.6 Å². The number of thiocarbonyl (C=S) groups is 1. The lowest BCUT2D eigenvalue weighted by molar-refractivity contribution is 0.0976. The zero-order valence-corrected chi connectivity index (χ0v) is 19.6. The summed E-state index contributed by atoms with van der Waals surface area (Å²) >= 11 is 6.66. The van der Waals surface area contributed by atoms with Gasteiger partial charge in [-0.15, -0.1) is 11.3 Å². The van der Waals surface area contributed by atoms with Gasteiger partial charge in [0.2, 0.25) is 0 Å². The van der Waals surface area contributed by atoms with Crippen molar-refractivity contribution in [1.82, 2.24) is 5.32 Å². The lowest BCUT2D eigenvalue weighted by atomic mass is 10.2. The topological polar surface area (TPSA) is 79.5 Å². The third-order valence-corrected chi connectivity index (χ3v) is 5.77. The van der Waals surface area contributed by atoms with E-state index < -0.39 is 0 Å². The first-order valence-corrected chi connectivity index (χ1v) is 11.7. The molecule has 4 aromatic rings. The molecule has 0 aliphatic carbocycles. The molecule has 1 heterocycles. The summed E-state index contributed by atoms with van der Waals surface area (Å²) in [7, 11) is 0. The summed E-state index contributed by atoms with van der Waals surface area (Å²) in [5.74, 6) is 0.0479. The molecule has 0 aliphatic rings. The molecule has 0 bridgehead atoms. The minimum atomic E-state index is -0.357. The van der Waals surface area contributed by atoms with E-state index in [1.165, 1.54) is 11.3 Å². The maximum Gasteiger partial charge on any atom is 0.265 e. The lowest BCUT2D eigenvalue weighted by Crippen LogP contribution is -2.34. The Kier molecular flexibility index (Phi) is 7.64. The van der Waals surface area contributed by atoms with Gasteiger partial charge in [0.1, 0.15) is 12.4 Å². The molecule has 1 aromatic heterocycles. The van der Waals surface area contributed by atoms with Crippen molar-refractivity contribution in [2.24, 2.45) is 0 Å². The molecule has 8 heteroatoms. The molecule has 2 amide bonds. The highest BCUT2D eigenvalue weighted by molar-refractivity contribution is 7.80. The van der Waals surface area contributed by atoms with Crippen molar-refractivity contribution in [1.29, 1.82) is 0 Å². The smallest absolute Gasteiger partial charge is 0.265 e. The van der Waals surface area contributed by atoms with Crippen molar-refractivity contribution in [2.45, 2.75) is 6.61 Å². The van der Waals surface area contributed by atoms with Crippen molar-refractivity contribution in [3.05, 3.63) is 112 Å². The largest absolute Gasteiger partial charge is 0.489 e. The highest BCUT2D eigenvalue weighted by atomic mass is 32.1. The van der Waals surface area contributed by atoms with Crippen LogP contribution in [0.25, 0.3) is 0 Å². The fourth-order valence-corrected chi connectivity index (χ4v) is 3.91. The first-order chi connectivity index (χ1) is 16.6. The van der Waals surface area contributed by atoms with Gasteiger partial charge in [0.25, 0.3) is 11.8 Å². The molecule has 0 saturated carbocycles. The Morgan fingerprint density at radius 1 is 0.794 bits per heavy atom.